The van der Waals surface area contributed by atoms with Gasteiger partial charge in [-0.1, -0.05) is 39.8 Å². The minimum atomic E-state index is 0.110. The summed E-state index contributed by atoms with van der Waals surface area (Å²) in [6.45, 7) is 13.4. The largest absolute Gasteiger partial charge is 0.339 e. The molecule has 13 nitrogen and oxygen atoms in total. The van der Waals surface area contributed by atoms with E-state index >= 15 is 0 Å². The Hall–Kier alpha value is -6.21. The molecule has 13 heteroatoms. The van der Waals surface area contributed by atoms with Crippen LogP contribution < -0.4 is 16.0 Å². The van der Waals surface area contributed by atoms with Crippen molar-refractivity contribution in [2.45, 2.75) is 59.3 Å². The quantitative estimate of drug-likeness (QED) is 0.141. The molecule has 55 heavy (non-hydrogen) atoms. The predicted molar refractivity (Wildman–Crippen MR) is 218 cm³/mol. The van der Waals surface area contributed by atoms with E-state index in [1.807, 2.05) is 53.7 Å². The Labute approximate surface area is 320 Å². The number of anilines is 4. The number of nitrogens with one attached hydrogen (secondary N) is 3. The molecular weight excluding hydrogens is 689 g/mol. The van der Waals surface area contributed by atoms with Gasteiger partial charge in [0.25, 0.3) is 0 Å². The Kier molecular flexibility index (Phi) is 11.4. The maximum Gasteiger partial charge on any atom is 0.219 e. The van der Waals surface area contributed by atoms with Gasteiger partial charge in [-0.05, 0) is 113 Å². The summed E-state index contributed by atoms with van der Waals surface area (Å²) in [6, 6.07) is 15.9. The molecule has 2 aliphatic heterocycles. The molecule has 0 aromatic carbocycles. The fourth-order valence-corrected chi connectivity index (χ4v) is 6.39. The van der Waals surface area contributed by atoms with Crippen LogP contribution >= 0.6 is 0 Å². The van der Waals surface area contributed by atoms with Crippen LogP contribution in [-0.4, -0.2) is 77.3 Å². The highest BCUT2D eigenvalue weighted by Crippen LogP contribution is 2.27. The third-order valence-corrected chi connectivity index (χ3v) is 9.73. The number of fused-ring (bicyclic) bond motifs is 2. The number of hydrogen-bond acceptors (Lipinski definition) is 12. The first-order valence-electron chi connectivity index (χ1n) is 18.8. The molecule has 1 amide bonds. The Morgan fingerprint density at radius 2 is 1.22 bits per heavy atom. The van der Waals surface area contributed by atoms with Crippen LogP contribution in [-0.2, 0) is 4.79 Å². The van der Waals surface area contributed by atoms with Crippen LogP contribution in [0.5, 0.6) is 0 Å². The maximum atomic E-state index is 11.5. The molecule has 0 radical (unpaired) electrons. The minimum absolute atomic E-state index is 0.110. The van der Waals surface area contributed by atoms with Crippen LogP contribution in [0.4, 0.5) is 23.3 Å². The number of rotatable bonds is 8. The van der Waals surface area contributed by atoms with E-state index in [0.29, 0.717) is 35.8 Å². The van der Waals surface area contributed by atoms with Crippen molar-refractivity contribution in [1.82, 2.24) is 50.5 Å². The summed E-state index contributed by atoms with van der Waals surface area (Å²) in [6.07, 6.45) is 13.6. The van der Waals surface area contributed by atoms with E-state index in [-0.39, 0.29) is 5.91 Å². The summed E-state index contributed by atoms with van der Waals surface area (Å²) < 4.78 is 0. The molecule has 0 bridgehead atoms. The van der Waals surface area contributed by atoms with E-state index < -0.39 is 0 Å². The molecule has 0 spiro atoms. The van der Waals surface area contributed by atoms with Gasteiger partial charge in [0.1, 0.15) is 11.6 Å². The molecule has 0 aliphatic carbocycles. The first kappa shape index (κ1) is 37.1. The molecule has 8 rings (SSSR count). The fourth-order valence-electron chi connectivity index (χ4n) is 6.39. The molecule has 0 fully saturated rings. The minimum Gasteiger partial charge on any atom is -0.339 e. The van der Waals surface area contributed by atoms with Crippen molar-refractivity contribution in [2.24, 2.45) is 0 Å². The maximum absolute atomic E-state index is 11.5. The van der Waals surface area contributed by atoms with Crippen molar-refractivity contribution in [3.8, 4) is 0 Å². The van der Waals surface area contributed by atoms with Crippen molar-refractivity contribution in [3.05, 3.63) is 108 Å². The van der Waals surface area contributed by atoms with Crippen molar-refractivity contribution in [3.63, 3.8) is 0 Å². The summed E-state index contributed by atoms with van der Waals surface area (Å²) in [5, 5.41) is 26.3. The van der Waals surface area contributed by atoms with Crippen molar-refractivity contribution >= 4 is 62.4 Å². The summed E-state index contributed by atoms with van der Waals surface area (Å²) in [5.41, 5.74) is 10.4. The van der Waals surface area contributed by atoms with Gasteiger partial charge in [0.2, 0.25) is 5.91 Å². The molecule has 280 valence electrons. The second-order valence-corrected chi connectivity index (χ2v) is 14.4. The van der Waals surface area contributed by atoms with Crippen molar-refractivity contribution < 1.29 is 4.79 Å². The third kappa shape index (κ3) is 9.30. The van der Waals surface area contributed by atoms with Gasteiger partial charge in [-0.15, -0.1) is 10.2 Å². The standard InChI is InChI=1S/C22H24N6O.C20H22N6/c1-14(2)17-11-22(27-24-13-17)26-21-5-4-19-20(25-21)10-18(12-23-19)16-6-8-28(9-7-16)15(3)29;1-13(2)15-10-20(26-23-12-15)25-19-4-3-17-18(24-19)9-16(11-22-17)14-5-7-21-8-6-14/h4-6,10-14H,7-9H2,1-3H3,(H,25,26,27);3-5,9-13,21H,6-8H2,1-2H3,(H,24,25,26). The molecule has 6 aromatic heterocycles. The van der Waals surface area contributed by atoms with E-state index in [1.165, 1.54) is 11.1 Å². The Morgan fingerprint density at radius 3 is 1.67 bits per heavy atom. The van der Waals surface area contributed by atoms with Crippen LogP contribution in [0.2, 0.25) is 0 Å². The molecule has 0 atom stereocenters. The van der Waals surface area contributed by atoms with E-state index in [1.54, 1.807) is 19.3 Å². The fraction of sp³-hybridized carbons (Fsp3) is 0.310. The van der Waals surface area contributed by atoms with Crippen LogP contribution in [0.3, 0.4) is 0 Å². The van der Waals surface area contributed by atoms with Gasteiger partial charge in [0, 0.05) is 39.0 Å². The first-order chi connectivity index (χ1) is 26.7. The highest BCUT2D eigenvalue weighted by Gasteiger charge is 2.16. The summed E-state index contributed by atoms with van der Waals surface area (Å²) in [7, 11) is 0. The third-order valence-electron chi connectivity index (χ3n) is 9.73. The van der Waals surface area contributed by atoms with Crippen LogP contribution in [0.15, 0.2) is 85.5 Å². The molecule has 3 N–H and O–H groups in total. The van der Waals surface area contributed by atoms with E-state index in [0.717, 1.165) is 82.6 Å². The van der Waals surface area contributed by atoms with Crippen LogP contribution in [0.25, 0.3) is 33.2 Å². The van der Waals surface area contributed by atoms with Gasteiger partial charge in [-0.2, -0.15) is 10.2 Å². The monoisotopic (exact) mass is 734 g/mol. The molecule has 0 saturated heterocycles. The van der Waals surface area contributed by atoms with Gasteiger partial charge in [0.15, 0.2) is 11.6 Å². The summed E-state index contributed by atoms with van der Waals surface area (Å²) in [4.78, 5) is 31.9. The lowest BCUT2D eigenvalue weighted by atomic mass is 10.0. The molecule has 8 heterocycles. The highest BCUT2D eigenvalue weighted by atomic mass is 16.2. The summed E-state index contributed by atoms with van der Waals surface area (Å²) in [5.74, 6) is 3.71. The average Bonchev–Trinajstić information content (AvgIpc) is 3.21. The first-order valence-corrected chi connectivity index (χ1v) is 18.8. The Balaban J connectivity index is 0.000000170. The molecular formula is C42H46N12O. The second-order valence-electron chi connectivity index (χ2n) is 14.4. The zero-order valence-corrected chi connectivity index (χ0v) is 31.9. The normalized spacial score (nSPS) is 14.3. The Morgan fingerprint density at radius 1 is 0.673 bits per heavy atom. The predicted octanol–water partition coefficient (Wildman–Crippen LogP) is 7.59. The topological polar surface area (TPSA) is 160 Å². The number of carbonyl (C=O) groups excluding carboxylic acids is 1. The Bertz CT molecular complexity index is 2390. The number of amides is 1. The van der Waals surface area contributed by atoms with Gasteiger partial charge in [0.05, 0.1) is 34.5 Å². The summed E-state index contributed by atoms with van der Waals surface area (Å²) >= 11 is 0. The lowest BCUT2D eigenvalue weighted by molar-refractivity contribution is -0.128. The highest BCUT2D eigenvalue weighted by molar-refractivity contribution is 5.83. The second kappa shape index (κ2) is 16.9. The van der Waals surface area contributed by atoms with Crippen molar-refractivity contribution in [1.29, 1.82) is 0 Å². The molecule has 2 aliphatic rings. The smallest absolute Gasteiger partial charge is 0.219 e. The molecule has 0 saturated carbocycles. The van der Waals surface area contributed by atoms with Gasteiger partial charge < -0.3 is 20.9 Å². The number of pyridine rings is 4. The van der Waals surface area contributed by atoms with Crippen LogP contribution in [0.1, 0.15) is 81.5 Å². The SMILES string of the molecule is CC(=O)N1CC=C(c2cnc3ccc(Nc4cc(C(C)C)cnn4)nc3c2)CC1.CC(C)c1cnnc(Nc2ccc3ncc(C4=CCNCC4)cc3n2)c1. The zero-order chi connectivity index (χ0) is 38.3. The van der Waals surface area contributed by atoms with Gasteiger partial charge in [-0.3, -0.25) is 14.8 Å². The average molecular weight is 735 g/mol. The van der Waals surface area contributed by atoms with Crippen LogP contribution in [0, 0.1) is 0 Å². The number of aromatic nitrogens is 8. The lowest BCUT2D eigenvalue weighted by Crippen LogP contribution is -2.32. The number of carbonyl (C=O) groups is 1. The number of nitrogens with zero attached hydrogens (tertiary/aromatic N) is 9. The van der Waals surface area contributed by atoms with E-state index in [4.69, 9.17) is 9.97 Å². The zero-order valence-electron chi connectivity index (χ0n) is 31.9. The molecule has 0 unspecified atom stereocenters. The lowest BCUT2D eigenvalue weighted by Gasteiger charge is -2.25. The van der Waals surface area contributed by atoms with Gasteiger partial charge >= 0.3 is 0 Å². The molecule has 6 aromatic rings. The van der Waals surface area contributed by atoms with Crippen molar-refractivity contribution in [2.75, 3.05) is 36.8 Å². The van der Waals surface area contributed by atoms with E-state index in [2.05, 4.69) is 98.3 Å². The van der Waals surface area contributed by atoms with E-state index in [9.17, 15) is 4.79 Å². The number of hydrogen-bond donors (Lipinski definition) is 3. The van der Waals surface area contributed by atoms with Gasteiger partial charge in [-0.25, -0.2) is 9.97 Å².